The Morgan fingerprint density at radius 3 is 2.64 bits per heavy atom. The Morgan fingerprint density at radius 2 is 2.08 bits per heavy atom. The largest absolute Gasteiger partial charge is 0.357 e. The van der Waals surface area contributed by atoms with E-state index in [0.29, 0.717) is 0 Å². The first kappa shape index (κ1) is 17.9. The lowest BCUT2D eigenvalue weighted by molar-refractivity contribution is 0.469. The minimum absolute atomic E-state index is 0.0758. The summed E-state index contributed by atoms with van der Waals surface area (Å²) in [5, 5.41) is 6.54. The van der Waals surface area contributed by atoms with Gasteiger partial charge < -0.3 is 10.2 Å². The summed E-state index contributed by atoms with van der Waals surface area (Å²) in [5.74, 6) is 0.705. The zero-order chi connectivity index (χ0) is 17.9. The van der Waals surface area contributed by atoms with Crippen LogP contribution in [0.2, 0.25) is 0 Å². The highest BCUT2D eigenvalue weighted by Crippen LogP contribution is 2.48. The summed E-state index contributed by atoms with van der Waals surface area (Å²) in [5.41, 5.74) is 2.33. The molecule has 1 N–H and O–H groups in total. The number of halogens is 1. The monoisotopic (exact) mass is 360 g/mol. The van der Waals surface area contributed by atoms with Crippen LogP contribution in [0.15, 0.2) is 34.6 Å². The highest BCUT2D eigenvalue weighted by molar-refractivity contribution is 7.09. The Labute approximate surface area is 152 Å². The summed E-state index contributed by atoms with van der Waals surface area (Å²) in [6.45, 7) is 6.38. The molecule has 4 nitrogen and oxygen atoms in total. The first-order chi connectivity index (χ1) is 12.0. The Balaban J connectivity index is 1.70. The first-order valence-electron chi connectivity index (χ1n) is 8.69. The van der Waals surface area contributed by atoms with Crippen LogP contribution in [0.5, 0.6) is 0 Å². The van der Waals surface area contributed by atoms with E-state index in [1.54, 1.807) is 23.5 Å². The number of nitrogens with zero attached hydrogens (tertiary/aromatic N) is 3. The number of guanidine groups is 1. The molecule has 0 atom stereocenters. The standard InChI is InChI=1S/C19H25FN4S/c1-4-21-18(24(3)11-17-12-25-14(2)23-17)22-13-19(9-10-19)15-5-7-16(20)8-6-15/h5-8,12H,4,9-11,13H2,1-3H3,(H,21,22). The molecule has 1 aromatic carbocycles. The quantitative estimate of drug-likeness (QED) is 0.630. The van der Waals surface area contributed by atoms with Gasteiger partial charge in [-0.2, -0.15) is 0 Å². The maximum absolute atomic E-state index is 13.2. The Kier molecular flexibility index (Phi) is 5.37. The summed E-state index contributed by atoms with van der Waals surface area (Å²) < 4.78 is 13.2. The van der Waals surface area contributed by atoms with Crippen molar-refractivity contribution in [3.8, 4) is 0 Å². The molecule has 0 radical (unpaired) electrons. The van der Waals surface area contributed by atoms with E-state index < -0.39 is 0 Å². The van der Waals surface area contributed by atoms with Crippen LogP contribution in [0.3, 0.4) is 0 Å². The van der Waals surface area contributed by atoms with Crippen LogP contribution in [0.25, 0.3) is 0 Å². The molecule has 1 aliphatic rings. The fourth-order valence-corrected chi connectivity index (χ4v) is 3.59. The second-order valence-electron chi connectivity index (χ2n) is 6.67. The lowest BCUT2D eigenvalue weighted by Crippen LogP contribution is -2.39. The second kappa shape index (κ2) is 7.52. The Bertz CT molecular complexity index is 734. The van der Waals surface area contributed by atoms with Gasteiger partial charge in [0.2, 0.25) is 0 Å². The summed E-state index contributed by atoms with van der Waals surface area (Å²) in [6, 6.07) is 6.88. The summed E-state index contributed by atoms with van der Waals surface area (Å²) in [7, 11) is 2.04. The smallest absolute Gasteiger partial charge is 0.194 e. The molecular weight excluding hydrogens is 335 g/mol. The van der Waals surface area contributed by atoms with E-state index in [1.807, 2.05) is 26.1 Å². The van der Waals surface area contributed by atoms with Crippen molar-refractivity contribution in [2.45, 2.75) is 38.6 Å². The van der Waals surface area contributed by atoms with Crippen LogP contribution >= 0.6 is 11.3 Å². The van der Waals surface area contributed by atoms with Crippen molar-refractivity contribution in [3.63, 3.8) is 0 Å². The normalized spacial score (nSPS) is 15.9. The van der Waals surface area contributed by atoms with Crippen LogP contribution in [-0.2, 0) is 12.0 Å². The van der Waals surface area contributed by atoms with Crippen molar-refractivity contribution in [2.75, 3.05) is 20.1 Å². The molecule has 6 heteroatoms. The molecule has 0 spiro atoms. The predicted octanol–water partition coefficient (Wildman–Crippen LogP) is 3.72. The van der Waals surface area contributed by atoms with E-state index >= 15 is 0 Å². The number of rotatable bonds is 6. The molecule has 25 heavy (non-hydrogen) atoms. The third kappa shape index (κ3) is 4.37. The molecule has 0 bridgehead atoms. The van der Waals surface area contributed by atoms with E-state index in [1.165, 1.54) is 5.56 Å². The number of hydrogen-bond donors (Lipinski definition) is 1. The van der Waals surface area contributed by atoms with E-state index in [2.05, 4.69) is 27.5 Å². The van der Waals surface area contributed by atoms with Crippen molar-refractivity contribution in [1.29, 1.82) is 0 Å². The van der Waals surface area contributed by atoms with Crippen LogP contribution < -0.4 is 5.32 Å². The molecule has 0 unspecified atom stereocenters. The number of aliphatic imine (C=N–C) groups is 1. The molecule has 134 valence electrons. The summed E-state index contributed by atoms with van der Waals surface area (Å²) in [6.07, 6.45) is 2.22. The average Bonchev–Trinajstić information content (AvgIpc) is 3.28. The first-order valence-corrected chi connectivity index (χ1v) is 9.57. The molecule has 1 saturated carbocycles. The SMILES string of the molecule is CCNC(=NCC1(c2ccc(F)cc2)CC1)N(C)Cc1csc(C)n1. The van der Waals surface area contributed by atoms with Crippen molar-refractivity contribution in [2.24, 2.45) is 4.99 Å². The molecule has 2 aromatic rings. The van der Waals surface area contributed by atoms with E-state index in [9.17, 15) is 4.39 Å². The number of thiazole rings is 1. The van der Waals surface area contributed by atoms with Crippen LogP contribution in [0.1, 0.15) is 36.0 Å². The summed E-state index contributed by atoms with van der Waals surface area (Å²) in [4.78, 5) is 11.5. The predicted molar refractivity (Wildman–Crippen MR) is 102 cm³/mol. The molecule has 0 amide bonds. The molecular formula is C19H25FN4S. The van der Waals surface area contributed by atoms with Gasteiger partial charge in [0, 0.05) is 24.4 Å². The van der Waals surface area contributed by atoms with Gasteiger partial charge in [-0.05, 0) is 44.4 Å². The van der Waals surface area contributed by atoms with Gasteiger partial charge in [-0.1, -0.05) is 12.1 Å². The number of aromatic nitrogens is 1. The second-order valence-corrected chi connectivity index (χ2v) is 7.73. The van der Waals surface area contributed by atoms with Gasteiger partial charge in [-0.25, -0.2) is 9.37 Å². The topological polar surface area (TPSA) is 40.5 Å². The fraction of sp³-hybridized carbons (Fsp3) is 0.474. The molecule has 0 saturated heterocycles. The highest BCUT2D eigenvalue weighted by atomic mass is 32.1. The van der Waals surface area contributed by atoms with E-state index in [-0.39, 0.29) is 11.2 Å². The molecule has 1 aromatic heterocycles. The van der Waals surface area contributed by atoms with Gasteiger partial charge in [-0.15, -0.1) is 11.3 Å². The van der Waals surface area contributed by atoms with Crippen LogP contribution in [0, 0.1) is 12.7 Å². The van der Waals surface area contributed by atoms with Crippen molar-refractivity contribution < 1.29 is 4.39 Å². The minimum Gasteiger partial charge on any atom is -0.357 e. The molecule has 1 fully saturated rings. The highest BCUT2D eigenvalue weighted by Gasteiger charge is 2.44. The van der Waals surface area contributed by atoms with Gasteiger partial charge in [0.05, 0.1) is 23.8 Å². The number of nitrogens with one attached hydrogen (secondary N) is 1. The fourth-order valence-electron chi connectivity index (χ4n) is 2.99. The van der Waals surface area contributed by atoms with Crippen LogP contribution in [-0.4, -0.2) is 36.0 Å². The lowest BCUT2D eigenvalue weighted by Gasteiger charge is -2.22. The van der Waals surface area contributed by atoms with E-state index in [0.717, 1.165) is 49.1 Å². The number of hydrogen-bond acceptors (Lipinski definition) is 3. The Hall–Kier alpha value is -1.95. The average molecular weight is 361 g/mol. The Morgan fingerprint density at radius 1 is 1.36 bits per heavy atom. The van der Waals surface area contributed by atoms with Gasteiger partial charge in [-0.3, -0.25) is 4.99 Å². The molecule has 1 aliphatic carbocycles. The maximum atomic E-state index is 13.2. The number of aryl methyl sites for hydroxylation is 1. The van der Waals surface area contributed by atoms with Gasteiger partial charge in [0.15, 0.2) is 5.96 Å². The van der Waals surface area contributed by atoms with Gasteiger partial charge in [0.1, 0.15) is 5.82 Å². The van der Waals surface area contributed by atoms with Gasteiger partial charge >= 0.3 is 0 Å². The minimum atomic E-state index is -0.185. The van der Waals surface area contributed by atoms with Crippen LogP contribution in [0.4, 0.5) is 4.39 Å². The zero-order valence-corrected chi connectivity index (χ0v) is 15.9. The van der Waals surface area contributed by atoms with E-state index in [4.69, 9.17) is 4.99 Å². The van der Waals surface area contributed by atoms with Crippen molar-refractivity contribution in [3.05, 3.63) is 51.7 Å². The third-order valence-electron chi connectivity index (χ3n) is 4.60. The third-order valence-corrected chi connectivity index (χ3v) is 5.43. The van der Waals surface area contributed by atoms with Gasteiger partial charge in [0.25, 0.3) is 0 Å². The molecule has 3 rings (SSSR count). The molecule has 1 heterocycles. The number of benzene rings is 1. The van der Waals surface area contributed by atoms with Crippen molar-refractivity contribution >= 4 is 17.3 Å². The summed E-state index contributed by atoms with van der Waals surface area (Å²) >= 11 is 1.67. The lowest BCUT2D eigenvalue weighted by atomic mass is 9.96. The zero-order valence-electron chi connectivity index (χ0n) is 15.1. The molecule has 0 aliphatic heterocycles. The maximum Gasteiger partial charge on any atom is 0.194 e. The van der Waals surface area contributed by atoms with Crippen molar-refractivity contribution in [1.82, 2.24) is 15.2 Å².